The van der Waals surface area contributed by atoms with E-state index in [4.69, 9.17) is 42.6 Å². The molecule has 19 atom stereocenters. The summed E-state index contributed by atoms with van der Waals surface area (Å²) in [5.74, 6) is -0.0628. The van der Waals surface area contributed by atoms with Gasteiger partial charge in [0.15, 0.2) is 18.4 Å². The summed E-state index contributed by atoms with van der Waals surface area (Å²) in [5, 5.41) is 0. The van der Waals surface area contributed by atoms with Gasteiger partial charge in [-0.25, -0.2) is 0 Å². The van der Waals surface area contributed by atoms with Gasteiger partial charge in [0, 0.05) is 45.1 Å². The van der Waals surface area contributed by atoms with Crippen molar-refractivity contribution in [2.24, 2.45) is 35.5 Å². The summed E-state index contributed by atoms with van der Waals surface area (Å²) in [6.07, 6.45) is 6.20. The normalized spacial score (nSPS) is 48.8. The number of esters is 1. The molecule has 0 aromatic heterocycles. The quantitative estimate of drug-likeness (QED) is 0.240. The summed E-state index contributed by atoms with van der Waals surface area (Å²) >= 11 is 0. The molecule has 12 heteroatoms. The van der Waals surface area contributed by atoms with Gasteiger partial charge in [-0.05, 0) is 103 Å². The van der Waals surface area contributed by atoms with Crippen molar-refractivity contribution in [3.8, 4) is 0 Å². The van der Waals surface area contributed by atoms with Crippen molar-refractivity contribution >= 4 is 11.8 Å². The molecule has 12 nitrogen and oxygen atoms in total. The Kier molecular flexibility index (Phi) is 12.4. The second-order valence-corrected chi connectivity index (χ2v) is 17.2. The number of allylic oxidation sites excluding steroid dienone is 2. The number of hydrogen-bond acceptors (Lipinski definition) is 12. The van der Waals surface area contributed by atoms with Crippen molar-refractivity contribution in [2.75, 3.05) is 35.4 Å². The van der Waals surface area contributed by atoms with E-state index in [1.54, 1.807) is 21.3 Å². The monoisotopic (exact) mass is 747 g/mol. The summed E-state index contributed by atoms with van der Waals surface area (Å²) < 4.78 is 56.2. The first-order chi connectivity index (χ1) is 25.5. The van der Waals surface area contributed by atoms with E-state index in [0.717, 1.165) is 50.5 Å². The molecule has 7 aliphatic rings. The van der Waals surface area contributed by atoms with E-state index in [2.05, 4.69) is 38.9 Å². The Morgan fingerprint density at radius 3 is 2.23 bits per heavy atom. The molecule has 3 unspecified atom stereocenters. The number of Topliss-reactive ketones (excluding diaryl/α,β-unsaturated/α-hetero) is 1. The van der Waals surface area contributed by atoms with E-state index in [1.165, 1.54) is 0 Å². The van der Waals surface area contributed by atoms with Gasteiger partial charge in [-0.3, -0.25) is 9.59 Å². The molecule has 6 fully saturated rings. The van der Waals surface area contributed by atoms with E-state index in [0.29, 0.717) is 18.4 Å². The molecule has 0 aromatic rings. The fraction of sp³-hybridized carbons (Fsp3) is 0.902. The maximum atomic E-state index is 14.8. The van der Waals surface area contributed by atoms with Crippen LogP contribution in [0.4, 0.5) is 0 Å². The van der Waals surface area contributed by atoms with Gasteiger partial charge in [0.1, 0.15) is 24.4 Å². The molecule has 53 heavy (non-hydrogen) atoms. The number of likely N-dealkylation sites (N-methyl/N-ethyl adjacent to an activating group) is 1. The number of carbonyl (C=O) groups excluding carboxylic acids is 2. The van der Waals surface area contributed by atoms with Crippen molar-refractivity contribution in [1.82, 2.24) is 4.90 Å². The van der Waals surface area contributed by atoms with Crippen LogP contribution in [0.1, 0.15) is 85.5 Å². The third-order valence-corrected chi connectivity index (χ3v) is 14.0. The predicted molar refractivity (Wildman–Crippen MR) is 194 cm³/mol. The Morgan fingerprint density at radius 1 is 0.811 bits per heavy atom. The number of epoxide rings is 1. The minimum Gasteiger partial charge on any atom is -0.462 e. The average molecular weight is 748 g/mol. The topological polar surface area (TPSA) is 124 Å². The highest BCUT2D eigenvalue weighted by molar-refractivity contribution is 5.99. The van der Waals surface area contributed by atoms with Crippen LogP contribution >= 0.6 is 0 Å². The van der Waals surface area contributed by atoms with Crippen LogP contribution in [-0.4, -0.2) is 132 Å². The second kappa shape index (κ2) is 16.5. The molecule has 0 N–H and O–H groups in total. The summed E-state index contributed by atoms with van der Waals surface area (Å²) in [5.41, 5.74) is 0.758. The molecule has 0 bridgehead atoms. The first-order valence-corrected chi connectivity index (χ1v) is 20.4. The van der Waals surface area contributed by atoms with Gasteiger partial charge in [-0.2, -0.15) is 0 Å². The molecule has 0 spiro atoms. The minimum absolute atomic E-state index is 0.0105. The first-order valence-electron chi connectivity index (χ1n) is 20.4. The zero-order valence-corrected chi connectivity index (χ0v) is 33.3. The van der Waals surface area contributed by atoms with Gasteiger partial charge in [0.25, 0.3) is 0 Å². The average Bonchev–Trinajstić information content (AvgIpc) is 3.67. The largest absolute Gasteiger partial charge is 0.462 e. The zero-order chi connectivity index (χ0) is 37.7. The molecular formula is C41H65NO11. The molecule has 4 aliphatic heterocycles. The van der Waals surface area contributed by atoms with Crippen LogP contribution in [0.5, 0.6) is 0 Å². The fourth-order valence-corrected chi connectivity index (χ4v) is 11.3. The van der Waals surface area contributed by atoms with Gasteiger partial charge >= 0.3 is 5.97 Å². The lowest BCUT2D eigenvalue weighted by Gasteiger charge is -2.44. The van der Waals surface area contributed by atoms with Gasteiger partial charge < -0.3 is 47.5 Å². The lowest BCUT2D eigenvalue weighted by molar-refractivity contribution is -0.314. The Labute approximate surface area is 316 Å². The van der Waals surface area contributed by atoms with E-state index in [9.17, 15) is 9.59 Å². The molecule has 4 heterocycles. The molecule has 2 saturated carbocycles. The van der Waals surface area contributed by atoms with Crippen LogP contribution in [0, 0.1) is 35.5 Å². The molecule has 0 aromatic carbocycles. The van der Waals surface area contributed by atoms with Gasteiger partial charge in [-0.15, -0.1) is 0 Å². The van der Waals surface area contributed by atoms with Crippen LogP contribution in [0.2, 0.25) is 0 Å². The molecule has 4 saturated heterocycles. The van der Waals surface area contributed by atoms with Crippen molar-refractivity contribution < 1.29 is 52.2 Å². The molecule has 300 valence electrons. The van der Waals surface area contributed by atoms with Crippen molar-refractivity contribution in [3.05, 3.63) is 11.6 Å². The number of cyclic esters (lactones) is 1. The van der Waals surface area contributed by atoms with E-state index in [-0.39, 0.29) is 109 Å². The molecule has 0 radical (unpaired) electrons. The highest BCUT2D eigenvalue weighted by Crippen LogP contribution is 2.63. The summed E-state index contributed by atoms with van der Waals surface area (Å²) in [7, 11) is 9.15. The highest BCUT2D eigenvalue weighted by atomic mass is 16.7. The Morgan fingerprint density at radius 2 is 1.55 bits per heavy atom. The van der Waals surface area contributed by atoms with E-state index >= 15 is 0 Å². The standard InChI is InChI=1S/C41H65NO11/c1-10-23-12-11-13-31(52-33-15-14-30(42(5)6)21(3)48-33)20(2)35(44)28-18-26-25-16-24(51-41-40(47-9)39(46-8)36(45-7)22(4)49-41)17-29(25)37-38(53-37)34(26)27(28)19-32(43)50-23/h18,20-27,29-31,33-34,36-41H,10-17,19H2,1-9H3/t20-,21?,22?,23+,24+,25+,26+,27-,29-,30+,31+,33+,34-,36+,37-,38+,39?,40+,41+/m1/s1. The third kappa shape index (κ3) is 7.80. The summed E-state index contributed by atoms with van der Waals surface area (Å²) in [6, 6.07) is 0.335. The Balaban J connectivity index is 1.11. The molecule has 7 rings (SSSR count). The first kappa shape index (κ1) is 39.7. The van der Waals surface area contributed by atoms with E-state index in [1.807, 2.05) is 13.8 Å². The van der Waals surface area contributed by atoms with Crippen molar-refractivity contribution in [1.29, 1.82) is 0 Å². The van der Waals surface area contributed by atoms with Gasteiger partial charge in [-0.1, -0.05) is 19.9 Å². The maximum Gasteiger partial charge on any atom is 0.306 e. The number of hydrogen-bond donors (Lipinski definition) is 0. The maximum absolute atomic E-state index is 14.8. The number of rotatable bonds is 9. The Bertz CT molecular complexity index is 1330. The zero-order valence-electron chi connectivity index (χ0n) is 33.3. The number of ether oxygens (including phenoxy) is 9. The van der Waals surface area contributed by atoms with Crippen LogP contribution in [-0.2, 0) is 52.2 Å². The molecular weight excluding hydrogens is 682 g/mol. The lowest BCUT2D eigenvalue weighted by atomic mass is 9.66. The third-order valence-electron chi connectivity index (χ3n) is 14.0. The number of fused-ring (bicyclic) bond motifs is 8. The summed E-state index contributed by atoms with van der Waals surface area (Å²) in [6.45, 7) is 8.17. The SMILES string of the molecule is CC[C@H]1CCC[C@H](O[C@H]2CC[C@H](N(C)C)C(C)O2)[C@@H](C)C(=O)C2=C[C@H]3[C@@H]4C[C@H](O[C@@H]5OC(C)[C@H](OC)C(OC)[C@@H]5OC)C[C@H]4[C@H]4O[C@H]4[C@H]3[C@@H]2CC(=O)O1. The predicted octanol–water partition coefficient (Wildman–Crippen LogP) is 4.70. The number of carbonyl (C=O) groups is 2. The number of methoxy groups -OCH3 is 3. The van der Waals surface area contributed by atoms with Crippen molar-refractivity contribution in [3.63, 3.8) is 0 Å². The van der Waals surface area contributed by atoms with Crippen LogP contribution in [0.15, 0.2) is 11.6 Å². The molecule has 0 amide bonds. The smallest absolute Gasteiger partial charge is 0.306 e. The van der Waals surface area contributed by atoms with Crippen LogP contribution in [0.3, 0.4) is 0 Å². The van der Waals surface area contributed by atoms with Gasteiger partial charge in [0.05, 0.1) is 43.0 Å². The van der Waals surface area contributed by atoms with Crippen molar-refractivity contribution in [2.45, 2.75) is 165 Å². The lowest BCUT2D eigenvalue weighted by Crippen LogP contribution is -2.59. The summed E-state index contributed by atoms with van der Waals surface area (Å²) in [4.78, 5) is 30.6. The fourth-order valence-electron chi connectivity index (χ4n) is 11.3. The number of ketones is 1. The number of nitrogens with zero attached hydrogens (tertiary/aromatic N) is 1. The Hall–Kier alpha value is -1.48. The van der Waals surface area contributed by atoms with Crippen LogP contribution < -0.4 is 0 Å². The van der Waals surface area contributed by atoms with Gasteiger partial charge in [0.2, 0.25) is 0 Å². The minimum atomic E-state index is -0.606. The second-order valence-electron chi connectivity index (χ2n) is 17.2. The van der Waals surface area contributed by atoms with Crippen LogP contribution in [0.25, 0.3) is 0 Å². The van der Waals surface area contributed by atoms with E-state index < -0.39 is 12.4 Å². The molecule has 3 aliphatic carbocycles. The highest BCUT2D eigenvalue weighted by Gasteiger charge is 2.66.